The van der Waals surface area contributed by atoms with Crippen molar-refractivity contribution in [1.29, 1.82) is 0 Å². The Hall–Kier alpha value is -2.06. The molecule has 0 fully saturated rings. The van der Waals surface area contributed by atoms with Gasteiger partial charge in [0.2, 0.25) is 0 Å². The normalized spacial score (nSPS) is 10.7. The highest BCUT2D eigenvalue weighted by Gasteiger charge is 2.06. The number of hydrogen-bond donors (Lipinski definition) is 1. The summed E-state index contributed by atoms with van der Waals surface area (Å²) in [4.78, 5) is 4.33. The molecule has 0 atom stereocenters. The minimum atomic E-state index is 0.517. The van der Waals surface area contributed by atoms with E-state index in [0.29, 0.717) is 10.8 Å². The molecule has 1 aromatic heterocycles. The molecule has 0 aliphatic heterocycles. The van der Waals surface area contributed by atoms with Crippen molar-refractivity contribution in [3.8, 4) is 11.1 Å². The number of anilines is 1. The van der Waals surface area contributed by atoms with Crippen LogP contribution >= 0.6 is 11.6 Å². The zero-order chi connectivity index (χ0) is 12.5. The van der Waals surface area contributed by atoms with Gasteiger partial charge in [0.25, 0.3) is 0 Å². The maximum Gasteiger partial charge on any atom is 0.124 e. The van der Waals surface area contributed by atoms with E-state index >= 15 is 0 Å². The third-order valence-corrected chi connectivity index (χ3v) is 3.11. The summed E-state index contributed by atoms with van der Waals surface area (Å²) in [7, 11) is 0. The van der Waals surface area contributed by atoms with Gasteiger partial charge in [-0.15, -0.1) is 0 Å². The van der Waals surface area contributed by atoms with Gasteiger partial charge >= 0.3 is 0 Å². The van der Waals surface area contributed by atoms with Gasteiger partial charge in [0, 0.05) is 10.4 Å². The minimum absolute atomic E-state index is 0.517. The number of benzene rings is 2. The number of hydrogen-bond acceptors (Lipinski definition) is 2. The Bertz CT molecular complexity index is 723. The average Bonchev–Trinajstić information content (AvgIpc) is 2.37. The van der Waals surface area contributed by atoms with Crippen LogP contribution in [0.25, 0.3) is 22.0 Å². The molecule has 0 bridgehead atoms. The molecule has 1 heterocycles. The predicted molar refractivity (Wildman–Crippen MR) is 76.6 cm³/mol. The smallest absolute Gasteiger partial charge is 0.124 e. The molecule has 2 nitrogen and oxygen atoms in total. The first-order valence-corrected chi connectivity index (χ1v) is 6.03. The van der Waals surface area contributed by atoms with Gasteiger partial charge in [0.05, 0.1) is 5.52 Å². The monoisotopic (exact) mass is 254 g/mol. The van der Waals surface area contributed by atoms with Crippen molar-refractivity contribution in [2.45, 2.75) is 0 Å². The van der Waals surface area contributed by atoms with Crippen molar-refractivity contribution < 1.29 is 0 Å². The van der Waals surface area contributed by atoms with Crippen molar-refractivity contribution >= 4 is 28.3 Å². The fourth-order valence-corrected chi connectivity index (χ4v) is 2.28. The van der Waals surface area contributed by atoms with Crippen molar-refractivity contribution in [1.82, 2.24) is 4.98 Å². The lowest BCUT2D eigenvalue weighted by molar-refractivity contribution is 1.41. The van der Waals surface area contributed by atoms with Crippen LogP contribution in [0.4, 0.5) is 5.82 Å². The summed E-state index contributed by atoms with van der Waals surface area (Å²) in [5, 5.41) is 1.79. The van der Waals surface area contributed by atoms with Gasteiger partial charge in [0.1, 0.15) is 5.82 Å². The van der Waals surface area contributed by atoms with Gasteiger partial charge < -0.3 is 5.73 Å². The zero-order valence-corrected chi connectivity index (χ0v) is 10.4. The summed E-state index contributed by atoms with van der Waals surface area (Å²) >= 11 is 6.04. The molecule has 3 aromatic rings. The Morgan fingerprint density at radius 2 is 1.78 bits per heavy atom. The Morgan fingerprint density at radius 3 is 2.61 bits per heavy atom. The van der Waals surface area contributed by atoms with Gasteiger partial charge in [0.15, 0.2) is 0 Å². The second-order valence-corrected chi connectivity index (χ2v) is 4.56. The van der Waals surface area contributed by atoms with Gasteiger partial charge in [-0.25, -0.2) is 4.98 Å². The molecule has 0 spiro atoms. The third-order valence-electron chi connectivity index (χ3n) is 2.87. The second-order valence-electron chi connectivity index (χ2n) is 4.12. The topological polar surface area (TPSA) is 38.9 Å². The molecule has 18 heavy (non-hydrogen) atoms. The van der Waals surface area contributed by atoms with E-state index in [-0.39, 0.29) is 0 Å². The molecule has 0 amide bonds. The van der Waals surface area contributed by atoms with Crippen molar-refractivity contribution in [3.63, 3.8) is 0 Å². The van der Waals surface area contributed by atoms with Gasteiger partial charge in [-0.3, -0.25) is 0 Å². The van der Waals surface area contributed by atoms with E-state index in [1.807, 2.05) is 54.6 Å². The maximum absolute atomic E-state index is 6.04. The van der Waals surface area contributed by atoms with Crippen LogP contribution in [0, 0.1) is 0 Å². The van der Waals surface area contributed by atoms with Crippen LogP contribution in [-0.4, -0.2) is 4.98 Å². The molecule has 0 unspecified atom stereocenters. The zero-order valence-electron chi connectivity index (χ0n) is 9.60. The first-order valence-electron chi connectivity index (χ1n) is 5.65. The molecule has 0 aliphatic carbocycles. The van der Waals surface area contributed by atoms with Crippen molar-refractivity contribution in [2.75, 3.05) is 5.73 Å². The highest BCUT2D eigenvalue weighted by atomic mass is 35.5. The lowest BCUT2D eigenvalue weighted by Crippen LogP contribution is -1.92. The van der Waals surface area contributed by atoms with Gasteiger partial charge in [-0.2, -0.15) is 0 Å². The molecule has 0 saturated carbocycles. The van der Waals surface area contributed by atoms with E-state index < -0.39 is 0 Å². The summed E-state index contributed by atoms with van der Waals surface area (Å²) < 4.78 is 0. The minimum Gasteiger partial charge on any atom is -0.384 e. The van der Waals surface area contributed by atoms with Gasteiger partial charge in [-0.05, 0) is 35.4 Å². The number of pyridine rings is 1. The largest absolute Gasteiger partial charge is 0.384 e. The van der Waals surface area contributed by atoms with Crippen LogP contribution in [0.15, 0.2) is 54.6 Å². The molecule has 0 radical (unpaired) electrons. The Labute approximate surface area is 110 Å². The second kappa shape index (κ2) is 4.31. The molecule has 88 valence electrons. The molecule has 0 saturated heterocycles. The van der Waals surface area contributed by atoms with Crippen LogP contribution in [0.2, 0.25) is 5.02 Å². The fourth-order valence-electron chi connectivity index (χ4n) is 2.09. The van der Waals surface area contributed by atoms with Crippen LogP contribution in [0.3, 0.4) is 0 Å². The average molecular weight is 255 g/mol. The summed E-state index contributed by atoms with van der Waals surface area (Å²) in [6.07, 6.45) is 0. The number of aromatic nitrogens is 1. The van der Waals surface area contributed by atoms with Crippen LogP contribution in [-0.2, 0) is 0 Å². The molecule has 3 rings (SSSR count). The first-order chi connectivity index (χ1) is 8.74. The quantitative estimate of drug-likeness (QED) is 0.709. The summed E-state index contributed by atoms with van der Waals surface area (Å²) in [6.45, 7) is 0. The fraction of sp³-hybridized carbons (Fsp3) is 0. The Kier molecular flexibility index (Phi) is 2.65. The first kappa shape index (κ1) is 11.1. The van der Waals surface area contributed by atoms with E-state index in [2.05, 4.69) is 4.98 Å². The molecule has 3 heteroatoms. The van der Waals surface area contributed by atoms with Crippen molar-refractivity contribution in [2.24, 2.45) is 0 Å². The molecule has 0 aliphatic rings. The Balaban J connectivity index is 2.34. The SMILES string of the molecule is Nc1cc(-c2cccc(Cl)c2)c2ccccc2n1. The van der Waals surface area contributed by atoms with E-state index in [9.17, 15) is 0 Å². The van der Waals surface area contributed by atoms with Crippen LogP contribution in [0.5, 0.6) is 0 Å². The summed E-state index contributed by atoms with van der Waals surface area (Å²) in [5.74, 6) is 0.517. The number of para-hydroxylation sites is 1. The number of nitrogen functional groups attached to an aromatic ring is 1. The van der Waals surface area contributed by atoms with E-state index in [1.165, 1.54) is 0 Å². The molecular weight excluding hydrogens is 244 g/mol. The summed E-state index contributed by atoms with van der Waals surface area (Å²) in [6, 6.07) is 17.6. The maximum atomic E-state index is 6.04. The third kappa shape index (κ3) is 1.91. The molecule has 2 N–H and O–H groups in total. The number of nitrogens with two attached hydrogens (primary N) is 1. The Morgan fingerprint density at radius 1 is 0.944 bits per heavy atom. The predicted octanol–water partition coefficient (Wildman–Crippen LogP) is 4.14. The number of fused-ring (bicyclic) bond motifs is 1. The molecule has 2 aromatic carbocycles. The lowest BCUT2D eigenvalue weighted by Gasteiger charge is -2.08. The standard InChI is InChI=1S/C15H11ClN2/c16-11-5-3-4-10(8-11)13-9-15(17)18-14-7-2-1-6-12(13)14/h1-9H,(H2,17,18). The van der Waals surface area contributed by atoms with Crippen LogP contribution in [0.1, 0.15) is 0 Å². The number of nitrogens with zero attached hydrogens (tertiary/aromatic N) is 1. The number of halogens is 1. The lowest BCUT2D eigenvalue weighted by atomic mass is 10.0. The van der Waals surface area contributed by atoms with E-state index in [4.69, 9.17) is 17.3 Å². The summed E-state index contributed by atoms with van der Waals surface area (Å²) in [5.41, 5.74) is 8.86. The van der Waals surface area contributed by atoms with Crippen molar-refractivity contribution in [3.05, 3.63) is 59.6 Å². The molecular formula is C15H11ClN2. The van der Waals surface area contributed by atoms with Crippen LogP contribution < -0.4 is 5.73 Å². The van der Waals surface area contributed by atoms with E-state index in [1.54, 1.807) is 0 Å². The highest BCUT2D eigenvalue weighted by Crippen LogP contribution is 2.30. The number of rotatable bonds is 1. The van der Waals surface area contributed by atoms with Gasteiger partial charge in [-0.1, -0.05) is 41.9 Å². The van der Waals surface area contributed by atoms with E-state index in [0.717, 1.165) is 22.0 Å². The highest BCUT2D eigenvalue weighted by molar-refractivity contribution is 6.30.